The van der Waals surface area contributed by atoms with Crippen LogP contribution in [0.4, 0.5) is 14.6 Å². The summed E-state index contributed by atoms with van der Waals surface area (Å²) in [6.07, 6.45) is 2.87. The summed E-state index contributed by atoms with van der Waals surface area (Å²) in [5.41, 5.74) is 3.86. The van der Waals surface area contributed by atoms with E-state index in [1.807, 2.05) is 24.1 Å². The minimum atomic E-state index is -0.889. The average molecular weight is 521 g/mol. The lowest BCUT2D eigenvalue weighted by Crippen LogP contribution is -2.31. The van der Waals surface area contributed by atoms with E-state index in [2.05, 4.69) is 38.2 Å². The van der Waals surface area contributed by atoms with E-state index < -0.39 is 12.0 Å². The fourth-order valence-corrected chi connectivity index (χ4v) is 5.76. The second kappa shape index (κ2) is 9.90. The third kappa shape index (κ3) is 4.69. The molecule has 8 nitrogen and oxygen atoms in total. The third-order valence-corrected chi connectivity index (χ3v) is 7.79. The first-order chi connectivity index (χ1) is 18.4. The number of rotatable bonds is 9. The van der Waals surface area contributed by atoms with E-state index >= 15 is 4.39 Å². The van der Waals surface area contributed by atoms with Crippen LogP contribution in [0.3, 0.4) is 0 Å². The van der Waals surface area contributed by atoms with Gasteiger partial charge in [-0.05, 0) is 61.4 Å². The number of likely N-dealkylation sites (N-methyl/N-ethyl adjacent to an activating group) is 1. The molecule has 0 radical (unpaired) electrons. The Morgan fingerprint density at radius 1 is 1.26 bits per heavy atom. The van der Waals surface area contributed by atoms with E-state index in [1.54, 1.807) is 0 Å². The first-order valence-corrected chi connectivity index (χ1v) is 13.0. The summed E-state index contributed by atoms with van der Waals surface area (Å²) in [6, 6.07) is 7.40. The number of alkyl halides is 1. The number of anilines is 1. The Morgan fingerprint density at radius 2 is 2.13 bits per heavy atom. The zero-order valence-corrected chi connectivity index (χ0v) is 21.2. The number of nitrogens with zero attached hydrogens (tertiary/aromatic N) is 4. The lowest BCUT2D eigenvalue weighted by molar-refractivity contribution is -0.116. The van der Waals surface area contributed by atoms with Crippen LogP contribution < -0.4 is 15.4 Å². The molecule has 198 valence electrons. The summed E-state index contributed by atoms with van der Waals surface area (Å²) < 4.78 is 35.3. The summed E-state index contributed by atoms with van der Waals surface area (Å²) in [5, 5.41) is 6.23. The molecule has 1 saturated carbocycles. The molecule has 2 aromatic heterocycles. The van der Waals surface area contributed by atoms with Gasteiger partial charge in [0.15, 0.2) is 5.65 Å². The molecule has 1 amide bonds. The highest BCUT2D eigenvalue weighted by atomic mass is 19.1. The predicted octanol–water partition coefficient (Wildman–Crippen LogP) is 3.63. The van der Waals surface area contributed by atoms with Crippen molar-refractivity contribution in [3.8, 4) is 17.3 Å². The zero-order chi connectivity index (χ0) is 26.4. The number of aromatic nitrogens is 3. The van der Waals surface area contributed by atoms with Crippen molar-refractivity contribution in [2.24, 2.45) is 5.92 Å². The number of amides is 1. The Morgan fingerprint density at radius 3 is 2.92 bits per heavy atom. The Bertz CT molecular complexity index is 1420. The standard InChI is InChI=1S/C28H30F2N6O2/c1-3-23(37)31-7-8-32-26-21-12-22(30)25(19-6-4-5-15-9-16-10-20(16)24(15)19)33-27(21)35-28(34-26)38-14-18-11-17(29)13-36(18)2/h3-6,12,16-18,20H,1,7-11,13-14H2,2H3,(H,31,37)(H,32,33,34,35)/t16?,17-,18+,20?/m1/s1. The van der Waals surface area contributed by atoms with Crippen molar-refractivity contribution in [2.45, 2.75) is 37.4 Å². The van der Waals surface area contributed by atoms with Crippen molar-refractivity contribution in [1.82, 2.24) is 25.2 Å². The van der Waals surface area contributed by atoms with Gasteiger partial charge in [-0.15, -0.1) is 0 Å². The summed E-state index contributed by atoms with van der Waals surface area (Å²) in [4.78, 5) is 27.1. The molecule has 0 bridgehead atoms. The number of carbonyl (C=O) groups excluding carboxylic acids is 1. The van der Waals surface area contributed by atoms with Gasteiger partial charge in [-0.3, -0.25) is 9.69 Å². The van der Waals surface area contributed by atoms with Crippen LogP contribution in [0.1, 0.15) is 29.9 Å². The number of ether oxygens (including phenoxy) is 1. The molecule has 38 heavy (non-hydrogen) atoms. The monoisotopic (exact) mass is 520 g/mol. The molecule has 2 unspecified atom stereocenters. The highest BCUT2D eigenvalue weighted by Crippen LogP contribution is 2.58. The molecule has 3 heterocycles. The summed E-state index contributed by atoms with van der Waals surface area (Å²) >= 11 is 0. The van der Waals surface area contributed by atoms with E-state index in [0.717, 1.165) is 18.4 Å². The van der Waals surface area contributed by atoms with E-state index in [0.29, 0.717) is 54.7 Å². The predicted molar refractivity (Wildman–Crippen MR) is 140 cm³/mol. The van der Waals surface area contributed by atoms with Gasteiger partial charge >= 0.3 is 6.01 Å². The number of nitrogens with one attached hydrogen (secondary N) is 2. The summed E-state index contributed by atoms with van der Waals surface area (Å²) in [6.45, 7) is 4.67. The fraction of sp³-hybridized carbons (Fsp3) is 0.429. The fourth-order valence-electron chi connectivity index (χ4n) is 5.76. The van der Waals surface area contributed by atoms with Crippen molar-refractivity contribution in [2.75, 3.05) is 38.6 Å². The van der Waals surface area contributed by atoms with E-state index in [1.165, 1.54) is 23.3 Å². The van der Waals surface area contributed by atoms with Crippen LogP contribution in [-0.2, 0) is 11.2 Å². The van der Waals surface area contributed by atoms with Crippen LogP contribution in [-0.4, -0.2) is 71.3 Å². The van der Waals surface area contributed by atoms with Crippen LogP contribution in [0, 0.1) is 11.7 Å². The van der Waals surface area contributed by atoms with Gasteiger partial charge in [0.25, 0.3) is 0 Å². The largest absolute Gasteiger partial charge is 0.462 e. The van der Waals surface area contributed by atoms with E-state index in [9.17, 15) is 9.18 Å². The molecule has 3 aliphatic rings. The highest BCUT2D eigenvalue weighted by molar-refractivity contribution is 5.89. The van der Waals surface area contributed by atoms with Gasteiger partial charge in [0.2, 0.25) is 5.91 Å². The Balaban J connectivity index is 1.33. The lowest BCUT2D eigenvalue weighted by Gasteiger charge is -2.19. The van der Waals surface area contributed by atoms with Crippen LogP contribution in [0.2, 0.25) is 0 Å². The molecule has 1 aliphatic heterocycles. The van der Waals surface area contributed by atoms with Gasteiger partial charge < -0.3 is 15.4 Å². The molecule has 1 saturated heterocycles. The van der Waals surface area contributed by atoms with Crippen molar-refractivity contribution in [1.29, 1.82) is 0 Å². The smallest absolute Gasteiger partial charge is 0.320 e. The SMILES string of the molecule is C=CC(=O)NCCNc1nc(OC[C@@H]2C[C@@H](F)CN2C)nc2nc(-c3cccc4c3C3CC3C4)c(F)cc12. The maximum Gasteiger partial charge on any atom is 0.320 e. The molecule has 3 aromatic rings. The van der Waals surface area contributed by atoms with Gasteiger partial charge in [0.1, 0.15) is 30.1 Å². The normalized spacial score (nSPS) is 23.7. The summed E-state index contributed by atoms with van der Waals surface area (Å²) in [5.74, 6) is 0.748. The second-order valence-corrected chi connectivity index (χ2v) is 10.4. The molecule has 6 rings (SSSR count). The molecule has 10 heteroatoms. The van der Waals surface area contributed by atoms with Crippen molar-refractivity contribution in [3.63, 3.8) is 0 Å². The Kier molecular flexibility index (Phi) is 6.43. The lowest BCUT2D eigenvalue weighted by atomic mass is 9.97. The molecule has 0 spiro atoms. The molecular formula is C28H30F2N6O2. The van der Waals surface area contributed by atoms with Gasteiger partial charge in [0, 0.05) is 31.2 Å². The number of likely N-dealkylation sites (tertiary alicyclic amines) is 1. The number of hydrogen-bond donors (Lipinski definition) is 2. The quantitative estimate of drug-likeness (QED) is 0.329. The Hall–Kier alpha value is -3.66. The maximum atomic E-state index is 15.6. The minimum Gasteiger partial charge on any atom is -0.462 e. The molecular weight excluding hydrogens is 490 g/mol. The molecule has 2 fully saturated rings. The number of halogens is 2. The van der Waals surface area contributed by atoms with Gasteiger partial charge in [-0.25, -0.2) is 13.8 Å². The molecule has 2 aliphatic carbocycles. The number of pyridine rings is 1. The first-order valence-electron chi connectivity index (χ1n) is 13.0. The average Bonchev–Trinajstić information content (AvgIpc) is 3.45. The third-order valence-electron chi connectivity index (χ3n) is 7.79. The van der Waals surface area contributed by atoms with Gasteiger partial charge in [0.05, 0.1) is 5.39 Å². The topological polar surface area (TPSA) is 92.3 Å². The van der Waals surface area contributed by atoms with Crippen molar-refractivity contribution >= 4 is 22.8 Å². The zero-order valence-electron chi connectivity index (χ0n) is 21.2. The van der Waals surface area contributed by atoms with Crippen molar-refractivity contribution < 1.29 is 18.3 Å². The Labute approximate surface area is 219 Å². The van der Waals surface area contributed by atoms with Crippen molar-refractivity contribution in [3.05, 3.63) is 53.9 Å². The van der Waals surface area contributed by atoms with Gasteiger partial charge in [-0.1, -0.05) is 24.8 Å². The number of carbonyl (C=O) groups is 1. The highest BCUT2D eigenvalue weighted by Gasteiger charge is 2.46. The molecule has 1 aromatic carbocycles. The number of hydrogen-bond acceptors (Lipinski definition) is 7. The van der Waals surface area contributed by atoms with Gasteiger partial charge in [-0.2, -0.15) is 9.97 Å². The summed E-state index contributed by atoms with van der Waals surface area (Å²) in [7, 11) is 1.86. The molecule has 2 N–H and O–H groups in total. The van der Waals surface area contributed by atoms with Crippen LogP contribution in [0.5, 0.6) is 6.01 Å². The van der Waals surface area contributed by atoms with E-state index in [-0.39, 0.29) is 30.3 Å². The first kappa shape index (κ1) is 24.7. The molecule has 4 atom stereocenters. The van der Waals surface area contributed by atoms with E-state index in [4.69, 9.17) is 4.74 Å². The number of fused-ring (bicyclic) bond motifs is 4. The second-order valence-electron chi connectivity index (χ2n) is 10.4. The van der Waals surface area contributed by atoms with Crippen LogP contribution >= 0.6 is 0 Å². The van der Waals surface area contributed by atoms with Crippen LogP contribution in [0.25, 0.3) is 22.3 Å². The van der Waals surface area contributed by atoms with Crippen LogP contribution in [0.15, 0.2) is 36.9 Å². The minimum absolute atomic E-state index is 0.0800. The maximum absolute atomic E-state index is 15.6. The number of benzene rings is 1.